The van der Waals surface area contributed by atoms with E-state index in [1.807, 2.05) is 6.92 Å². The molecule has 3 N–H and O–H groups in total. The largest absolute Gasteiger partial charge is 0.494 e. The number of benzene rings is 2. The van der Waals surface area contributed by atoms with Crippen molar-refractivity contribution in [2.75, 3.05) is 11.9 Å². The number of amides is 3. The maximum absolute atomic E-state index is 12.3. The van der Waals surface area contributed by atoms with Crippen LogP contribution in [0, 0.1) is 0 Å². The second kappa shape index (κ2) is 12.3. The first-order valence-electron chi connectivity index (χ1n) is 10.3. The summed E-state index contributed by atoms with van der Waals surface area (Å²) in [6, 6.07) is 13.3. The lowest BCUT2D eigenvalue weighted by Gasteiger charge is -2.10. The van der Waals surface area contributed by atoms with Crippen molar-refractivity contribution in [2.45, 2.75) is 46.0 Å². The van der Waals surface area contributed by atoms with E-state index in [0.717, 1.165) is 25.7 Å². The zero-order valence-electron chi connectivity index (χ0n) is 17.5. The van der Waals surface area contributed by atoms with E-state index in [4.69, 9.17) is 4.74 Å². The summed E-state index contributed by atoms with van der Waals surface area (Å²) in [5.74, 6) is -0.340. The lowest BCUT2D eigenvalue weighted by Crippen LogP contribution is -2.41. The SMILES string of the molecule is CCCCOc1cccc(C(=O)NNC(=O)c2ccc(NC(=O)CCCC)cc2)c1. The predicted molar refractivity (Wildman–Crippen MR) is 116 cm³/mol. The van der Waals surface area contributed by atoms with Crippen molar-refractivity contribution in [2.24, 2.45) is 0 Å². The Morgan fingerprint density at radius 1 is 0.833 bits per heavy atom. The summed E-state index contributed by atoms with van der Waals surface area (Å²) in [6.45, 7) is 4.69. The Morgan fingerprint density at radius 3 is 2.17 bits per heavy atom. The highest BCUT2D eigenvalue weighted by atomic mass is 16.5. The third-order valence-corrected chi connectivity index (χ3v) is 4.34. The number of rotatable bonds is 10. The van der Waals surface area contributed by atoms with Gasteiger partial charge in [0.1, 0.15) is 5.75 Å². The van der Waals surface area contributed by atoms with Crippen LogP contribution in [-0.2, 0) is 4.79 Å². The number of carbonyl (C=O) groups is 3. The molecule has 0 bridgehead atoms. The van der Waals surface area contributed by atoms with Crippen LogP contribution in [-0.4, -0.2) is 24.3 Å². The van der Waals surface area contributed by atoms with E-state index in [1.165, 1.54) is 0 Å². The minimum Gasteiger partial charge on any atom is -0.494 e. The van der Waals surface area contributed by atoms with Gasteiger partial charge in [-0.25, -0.2) is 0 Å². The van der Waals surface area contributed by atoms with Crippen molar-refractivity contribution in [3.8, 4) is 5.75 Å². The van der Waals surface area contributed by atoms with Crippen LogP contribution in [0.5, 0.6) is 5.75 Å². The molecule has 160 valence electrons. The lowest BCUT2D eigenvalue weighted by atomic mass is 10.2. The fraction of sp³-hybridized carbons (Fsp3) is 0.348. The molecule has 0 atom stereocenters. The molecule has 0 unspecified atom stereocenters. The van der Waals surface area contributed by atoms with Gasteiger partial charge < -0.3 is 10.1 Å². The Kier molecular flexibility index (Phi) is 9.37. The molecule has 0 aliphatic heterocycles. The van der Waals surface area contributed by atoms with E-state index in [-0.39, 0.29) is 5.91 Å². The van der Waals surface area contributed by atoms with Crippen LogP contribution < -0.4 is 20.9 Å². The zero-order chi connectivity index (χ0) is 21.8. The Labute approximate surface area is 177 Å². The average molecular weight is 412 g/mol. The fourth-order valence-electron chi connectivity index (χ4n) is 2.59. The van der Waals surface area contributed by atoms with Crippen LogP contribution in [0.2, 0.25) is 0 Å². The highest BCUT2D eigenvalue weighted by Gasteiger charge is 2.10. The number of nitrogens with one attached hydrogen (secondary N) is 3. The molecule has 0 saturated carbocycles. The summed E-state index contributed by atoms with van der Waals surface area (Å²) in [6.07, 6.45) is 4.22. The number of ether oxygens (including phenoxy) is 1. The Morgan fingerprint density at radius 2 is 1.50 bits per heavy atom. The third-order valence-electron chi connectivity index (χ3n) is 4.34. The molecule has 0 heterocycles. The molecule has 2 rings (SSSR count). The molecule has 3 amide bonds. The lowest BCUT2D eigenvalue weighted by molar-refractivity contribution is -0.116. The molecule has 2 aromatic rings. The number of hydrogen-bond acceptors (Lipinski definition) is 4. The molecular formula is C23H29N3O4. The molecule has 0 radical (unpaired) electrons. The summed E-state index contributed by atoms with van der Waals surface area (Å²) in [5, 5.41) is 2.79. The Bertz CT molecular complexity index is 850. The summed E-state index contributed by atoms with van der Waals surface area (Å²) in [5.41, 5.74) is 6.15. The topological polar surface area (TPSA) is 96.5 Å². The second-order valence-electron chi connectivity index (χ2n) is 6.87. The van der Waals surface area contributed by atoms with Crippen LogP contribution in [0.4, 0.5) is 5.69 Å². The third kappa shape index (κ3) is 7.58. The standard InChI is InChI=1S/C23H29N3O4/c1-3-5-10-21(27)24-19-13-11-17(12-14-19)22(28)25-26-23(29)18-8-7-9-20(16-18)30-15-6-4-2/h7-9,11-14,16H,3-6,10,15H2,1-2H3,(H,24,27)(H,25,28)(H,26,29). The van der Waals surface area contributed by atoms with Crippen LogP contribution >= 0.6 is 0 Å². The van der Waals surface area contributed by atoms with Crippen LogP contribution in [0.1, 0.15) is 66.7 Å². The maximum Gasteiger partial charge on any atom is 0.269 e. The molecule has 2 aromatic carbocycles. The van der Waals surface area contributed by atoms with Crippen molar-refractivity contribution in [3.63, 3.8) is 0 Å². The van der Waals surface area contributed by atoms with Crippen molar-refractivity contribution in [1.29, 1.82) is 0 Å². The number of hydrogen-bond donors (Lipinski definition) is 3. The molecule has 0 fully saturated rings. The molecule has 7 nitrogen and oxygen atoms in total. The monoisotopic (exact) mass is 411 g/mol. The molecular weight excluding hydrogens is 382 g/mol. The van der Waals surface area contributed by atoms with Crippen molar-refractivity contribution < 1.29 is 19.1 Å². The first kappa shape index (κ1) is 22.9. The van der Waals surface area contributed by atoms with Gasteiger partial charge in [-0.2, -0.15) is 0 Å². The number of unbranched alkanes of at least 4 members (excludes halogenated alkanes) is 2. The van der Waals surface area contributed by atoms with E-state index in [1.54, 1.807) is 48.5 Å². The van der Waals surface area contributed by atoms with Crippen molar-refractivity contribution >= 4 is 23.4 Å². The van der Waals surface area contributed by atoms with Crippen LogP contribution in [0.15, 0.2) is 48.5 Å². The fourth-order valence-corrected chi connectivity index (χ4v) is 2.59. The van der Waals surface area contributed by atoms with Gasteiger partial charge in [0.15, 0.2) is 0 Å². The maximum atomic E-state index is 12.3. The first-order chi connectivity index (χ1) is 14.5. The average Bonchev–Trinajstić information content (AvgIpc) is 2.76. The van der Waals surface area contributed by atoms with E-state index in [2.05, 4.69) is 23.1 Å². The minimum absolute atomic E-state index is 0.0535. The van der Waals surface area contributed by atoms with Crippen molar-refractivity contribution in [1.82, 2.24) is 10.9 Å². The summed E-state index contributed by atoms with van der Waals surface area (Å²) in [4.78, 5) is 36.3. The number of anilines is 1. The quantitative estimate of drug-likeness (QED) is 0.406. The Hall–Kier alpha value is -3.35. The van der Waals surface area contributed by atoms with E-state index in [9.17, 15) is 14.4 Å². The molecule has 0 aliphatic rings. The summed E-state index contributed by atoms with van der Waals surface area (Å²) in [7, 11) is 0. The van der Waals surface area contributed by atoms with Crippen LogP contribution in [0.3, 0.4) is 0 Å². The second-order valence-corrected chi connectivity index (χ2v) is 6.87. The normalized spacial score (nSPS) is 10.2. The van der Waals surface area contributed by atoms with E-state index >= 15 is 0 Å². The highest BCUT2D eigenvalue weighted by molar-refractivity contribution is 5.99. The van der Waals surface area contributed by atoms with E-state index < -0.39 is 11.8 Å². The van der Waals surface area contributed by atoms with E-state index in [0.29, 0.717) is 35.6 Å². The van der Waals surface area contributed by atoms with Gasteiger partial charge in [-0.05, 0) is 55.3 Å². The van der Waals surface area contributed by atoms with Gasteiger partial charge in [0.05, 0.1) is 6.61 Å². The molecule has 0 saturated heterocycles. The van der Waals surface area contributed by atoms with Gasteiger partial charge >= 0.3 is 0 Å². The molecule has 0 spiro atoms. The Balaban J connectivity index is 1.85. The van der Waals surface area contributed by atoms with Gasteiger partial charge in [-0.15, -0.1) is 0 Å². The zero-order valence-corrected chi connectivity index (χ0v) is 17.5. The summed E-state index contributed by atoms with van der Waals surface area (Å²) < 4.78 is 5.60. The summed E-state index contributed by atoms with van der Waals surface area (Å²) >= 11 is 0. The van der Waals surface area contributed by atoms with Crippen LogP contribution in [0.25, 0.3) is 0 Å². The smallest absolute Gasteiger partial charge is 0.269 e. The minimum atomic E-state index is -0.456. The number of hydrazine groups is 1. The highest BCUT2D eigenvalue weighted by Crippen LogP contribution is 2.14. The predicted octanol–water partition coefficient (Wildman–Crippen LogP) is 4.07. The van der Waals surface area contributed by atoms with Gasteiger partial charge in [0, 0.05) is 23.2 Å². The van der Waals surface area contributed by atoms with Gasteiger partial charge in [-0.3, -0.25) is 25.2 Å². The van der Waals surface area contributed by atoms with Crippen molar-refractivity contribution in [3.05, 3.63) is 59.7 Å². The molecule has 0 aromatic heterocycles. The molecule has 30 heavy (non-hydrogen) atoms. The number of carbonyl (C=O) groups excluding carboxylic acids is 3. The van der Waals surface area contributed by atoms with Gasteiger partial charge in [0.2, 0.25) is 5.91 Å². The van der Waals surface area contributed by atoms with Gasteiger partial charge in [-0.1, -0.05) is 32.8 Å². The first-order valence-corrected chi connectivity index (χ1v) is 10.3. The molecule has 7 heteroatoms. The van der Waals surface area contributed by atoms with Gasteiger partial charge in [0.25, 0.3) is 11.8 Å². The molecule has 0 aliphatic carbocycles.